The standard InChI is InChI=1S/C49H42F8N2O10/c50-39-26-35(65-23-1-21-48(52,53)54)14-16-37(39)47(64)69-34-12-5-30(6-13-34)8-20-43(61)68-28-32(36-15-11-33(58)25-40(36)59)27-67-42(60)19-7-29-3-9-31(10-4-29)44-41(66-24-2-22-49(55,56)57)18-17-38(45(44)51)46(62)63/h3-20,25-26,32H,1-2,21-24,27-28,58-59H2,(H,62,63)/b19-7+,20-8+. The molecule has 0 heterocycles. The highest BCUT2D eigenvalue weighted by molar-refractivity contribution is 5.92. The van der Waals surface area contributed by atoms with Gasteiger partial charge in [-0.1, -0.05) is 42.5 Å². The van der Waals surface area contributed by atoms with Crippen molar-refractivity contribution in [1.29, 1.82) is 0 Å². The van der Waals surface area contributed by atoms with Crippen molar-refractivity contribution in [3.63, 3.8) is 0 Å². The number of nitrogens with two attached hydrogens (primary N) is 2. The monoisotopic (exact) mass is 970 g/mol. The van der Waals surface area contributed by atoms with Gasteiger partial charge in [-0.2, -0.15) is 26.3 Å². The molecule has 1 atom stereocenters. The lowest BCUT2D eigenvalue weighted by atomic mass is 9.98. The third-order valence-corrected chi connectivity index (χ3v) is 9.75. The zero-order valence-electron chi connectivity index (χ0n) is 36.1. The first-order valence-electron chi connectivity index (χ1n) is 20.7. The zero-order valence-corrected chi connectivity index (χ0v) is 36.1. The van der Waals surface area contributed by atoms with Crippen molar-refractivity contribution in [2.75, 3.05) is 37.9 Å². The molecule has 0 amide bonds. The highest BCUT2D eigenvalue weighted by Gasteiger charge is 2.28. The Kier molecular flexibility index (Phi) is 17.9. The Morgan fingerprint density at radius 2 is 1.17 bits per heavy atom. The number of carboxylic acid groups (broad SMARTS) is 1. The molecule has 12 nitrogen and oxygen atoms in total. The molecule has 0 aliphatic heterocycles. The molecule has 0 spiro atoms. The van der Waals surface area contributed by atoms with Crippen molar-refractivity contribution in [3.8, 4) is 28.4 Å². The molecule has 0 saturated heterocycles. The van der Waals surface area contributed by atoms with Gasteiger partial charge in [0.25, 0.3) is 0 Å². The Hall–Kier alpha value is -7.90. The molecule has 69 heavy (non-hydrogen) atoms. The molecule has 0 saturated carbocycles. The molecule has 0 aliphatic rings. The lowest BCUT2D eigenvalue weighted by Gasteiger charge is -2.19. The first-order chi connectivity index (χ1) is 32.7. The fourth-order valence-corrected chi connectivity index (χ4v) is 6.33. The Labute approximate surface area is 388 Å². The van der Waals surface area contributed by atoms with Gasteiger partial charge in [-0.15, -0.1) is 0 Å². The van der Waals surface area contributed by atoms with Crippen LogP contribution >= 0.6 is 0 Å². The van der Waals surface area contributed by atoms with Crippen molar-refractivity contribution in [1.82, 2.24) is 0 Å². The van der Waals surface area contributed by atoms with Crippen molar-refractivity contribution < 1.29 is 83.1 Å². The number of carbonyl (C=O) groups is 4. The molecular formula is C49H42F8N2O10. The van der Waals surface area contributed by atoms with E-state index in [0.29, 0.717) is 22.4 Å². The molecule has 0 bridgehead atoms. The number of anilines is 2. The van der Waals surface area contributed by atoms with E-state index in [-0.39, 0.29) is 60.3 Å². The highest BCUT2D eigenvalue weighted by Crippen LogP contribution is 2.36. The van der Waals surface area contributed by atoms with Gasteiger partial charge < -0.3 is 40.3 Å². The van der Waals surface area contributed by atoms with E-state index in [9.17, 15) is 55.0 Å². The molecule has 20 heteroatoms. The van der Waals surface area contributed by atoms with Crippen LogP contribution in [0.15, 0.2) is 109 Å². The summed E-state index contributed by atoms with van der Waals surface area (Å²) in [6.45, 7) is -1.34. The minimum atomic E-state index is -4.42. The van der Waals surface area contributed by atoms with Crippen LogP contribution in [0.3, 0.4) is 0 Å². The summed E-state index contributed by atoms with van der Waals surface area (Å²) < 4.78 is 132. The second-order valence-corrected chi connectivity index (χ2v) is 15.0. The Balaban J connectivity index is 1.16. The molecule has 5 rings (SSSR count). The van der Waals surface area contributed by atoms with Crippen LogP contribution in [0.4, 0.5) is 46.5 Å². The maximum absolute atomic E-state index is 15.4. The van der Waals surface area contributed by atoms with Crippen molar-refractivity contribution >= 4 is 47.4 Å². The van der Waals surface area contributed by atoms with E-state index in [2.05, 4.69) is 0 Å². The van der Waals surface area contributed by atoms with E-state index >= 15 is 4.39 Å². The van der Waals surface area contributed by atoms with Crippen molar-refractivity contribution in [3.05, 3.63) is 149 Å². The summed E-state index contributed by atoms with van der Waals surface area (Å²) in [7, 11) is 0. The number of carbonyl (C=O) groups excluding carboxylic acids is 3. The minimum absolute atomic E-state index is 0.0281. The van der Waals surface area contributed by atoms with Gasteiger partial charge in [-0.25, -0.2) is 28.0 Å². The van der Waals surface area contributed by atoms with E-state index in [4.69, 9.17) is 35.2 Å². The number of alkyl halides is 6. The fraction of sp³-hybridized carbons (Fsp3) is 0.224. The lowest BCUT2D eigenvalue weighted by molar-refractivity contribution is -0.141. The number of carboxylic acids is 1. The fourth-order valence-electron chi connectivity index (χ4n) is 6.33. The molecule has 1 unspecified atom stereocenters. The number of rotatable bonds is 21. The summed E-state index contributed by atoms with van der Waals surface area (Å²) in [6, 6.07) is 21.3. The van der Waals surface area contributed by atoms with Gasteiger partial charge in [-0.05, 0) is 95.8 Å². The molecule has 5 aromatic rings. The maximum atomic E-state index is 15.4. The van der Waals surface area contributed by atoms with Crippen molar-refractivity contribution in [2.45, 2.75) is 44.0 Å². The minimum Gasteiger partial charge on any atom is -0.493 e. The van der Waals surface area contributed by atoms with Crippen LogP contribution in [0.2, 0.25) is 0 Å². The number of aromatic carboxylic acids is 1. The quantitative estimate of drug-likeness (QED) is 0.0158. The topological polar surface area (TPSA) is 187 Å². The smallest absolute Gasteiger partial charge is 0.389 e. The Bertz CT molecular complexity index is 2670. The molecule has 0 aliphatic carbocycles. The first-order valence-corrected chi connectivity index (χ1v) is 20.7. The number of esters is 3. The van der Waals surface area contributed by atoms with Crippen LogP contribution in [-0.4, -0.2) is 67.8 Å². The largest absolute Gasteiger partial charge is 0.493 e. The lowest BCUT2D eigenvalue weighted by Crippen LogP contribution is -2.19. The molecule has 364 valence electrons. The molecule has 0 fully saturated rings. The average molecular weight is 971 g/mol. The number of hydrogen-bond donors (Lipinski definition) is 3. The summed E-state index contributed by atoms with van der Waals surface area (Å²) in [4.78, 5) is 49.9. The van der Waals surface area contributed by atoms with Gasteiger partial charge in [0.2, 0.25) is 0 Å². The van der Waals surface area contributed by atoms with Crippen molar-refractivity contribution in [2.24, 2.45) is 0 Å². The summed E-state index contributed by atoms with van der Waals surface area (Å²) >= 11 is 0. The van der Waals surface area contributed by atoms with Crippen LogP contribution in [0.1, 0.15) is 69.0 Å². The van der Waals surface area contributed by atoms with E-state index in [0.717, 1.165) is 36.4 Å². The van der Waals surface area contributed by atoms with E-state index < -0.39 is 90.8 Å². The highest BCUT2D eigenvalue weighted by atomic mass is 19.4. The van der Waals surface area contributed by atoms with Gasteiger partial charge in [0.15, 0.2) is 0 Å². The van der Waals surface area contributed by atoms with E-state index in [1.165, 1.54) is 72.8 Å². The van der Waals surface area contributed by atoms with Gasteiger partial charge in [-0.3, -0.25) is 0 Å². The molecule has 0 radical (unpaired) electrons. The van der Waals surface area contributed by atoms with Gasteiger partial charge in [0.05, 0.1) is 35.8 Å². The van der Waals surface area contributed by atoms with Gasteiger partial charge in [0, 0.05) is 42.4 Å². The van der Waals surface area contributed by atoms with Gasteiger partial charge >= 0.3 is 36.2 Å². The van der Waals surface area contributed by atoms with Crippen LogP contribution in [0.25, 0.3) is 23.3 Å². The predicted molar refractivity (Wildman–Crippen MR) is 236 cm³/mol. The second-order valence-electron chi connectivity index (χ2n) is 15.0. The van der Waals surface area contributed by atoms with E-state index in [1.54, 1.807) is 12.1 Å². The zero-order chi connectivity index (χ0) is 50.3. The number of hydrogen-bond acceptors (Lipinski definition) is 11. The summed E-state index contributed by atoms with van der Waals surface area (Å²) in [6.07, 6.45) is -6.77. The molecule has 5 N–H and O–H groups in total. The average Bonchev–Trinajstić information content (AvgIpc) is 3.28. The predicted octanol–water partition coefficient (Wildman–Crippen LogP) is 10.8. The molecule has 5 aromatic carbocycles. The van der Waals surface area contributed by atoms with Crippen LogP contribution in [0.5, 0.6) is 17.2 Å². The number of nitrogen functional groups attached to an aromatic ring is 2. The van der Waals surface area contributed by atoms with Crippen LogP contribution in [0, 0.1) is 11.6 Å². The first kappa shape index (κ1) is 52.1. The third kappa shape index (κ3) is 16.4. The number of benzene rings is 5. The third-order valence-electron chi connectivity index (χ3n) is 9.75. The summed E-state index contributed by atoms with van der Waals surface area (Å²) in [5.74, 6) is -7.37. The Morgan fingerprint density at radius 3 is 1.71 bits per heavy atom. The summed E-state index contributed by atoms with van der Waals surface area (Å²) in [5.41, 5.74) is 12.7. The normalized spacial score (nSPS) is 12.2. The maximum Gasteiger partial charge on any atom is 0.389 e. The Morgan fingerprint density at radius 1 is 0.638 bits per heavy atom. The van der Waals surface area contributed by atoms with Crippen LogP contribution in [-0.2, 0) is 19.1 Å². The van der Waals surface area contributed by atoms with E-state index in [1.807, 2.05) is 0 Å². The SMILES string of the molecule is Nc1ccc(C(COC(=O)/C=C/c2ccc(OC(=O)c3ccc(OCCCC(F)(F)F)cc3F)cc2)COC(=O)/C=C/c2ccc(-c3c(OCCCC(F)(F)F)ccc(C(=O)O)c3F)cc2)c(N)c1. The van der Waals surface area contributed by atoms with Crippen LogP contribution < -0.4 is 25.7 Å². The number of halogens is 8. The molecular weight excluding hydrogens is 929 g/mol. The molecule has 0 aromatic heterocycles. The second kappa shape index (κ2) is 23.7. The number of ether oxygens (including phenoxy) is 5. The summed E-state index contributed by atoms with van der Waals surface area (Å²) in [5, 5.41) is 9.44. The van der Waals surface area contributed by atoms with Gasteiger partial charge in [0.1, 0.15) is 42.1 Å².